The Morgan fingerprint density at radius 2 is 1.72 bits per heavy atom. The van der Waals surface area contributed by atoms with Crippen LogP contribution in [0.15, 0.2) is 54.6 Å². The van der Waals surface area contributed by atoms with Gasteiger partial charge in [0.15, 0.2) is 11.5 Å². The number of halogens is 2. The Morgan fingerprint density at radius 1 is 1.00 bits per heavy atom. The summed E-state index contributed by atoms with van der Waals surface area (Å²) in [6, 6.07) is 13.5. The molecule has 0 bridgehead atoms. The molecule has 0 saturated heterocycles. The third kappa shape index (κ3) is 5.32. The monoisotopic (exact) mass is 537 g/mol. The Hall–Kier alpha value is -4.34. The molecule has 1 fully saturated rings. The summed E-state index contributed by atoms with van der Waals surface area (Å²) < 4.78 is 41.3. The van der Waals surface area contributed by atoms with E-state index < -0.39 is 29.2 Å². The zero-order chi connectivity index (χ0) is 28.2. The van der Waals surface area contributed by atoms with E-state index in [-0.39, 0.29) is 40.5 Å². The van der Waals surface area contributed by atoms with Crippen molar-refractivity contribution >= 4 is 17.7 Å². The lowest BCUT2D eigenvalue weighted by atomic mass is 9.88. The molecule has 3 aromatic rings. The normalized spacial score (nSPS) is 16.4. The maximum Gasteiger partial charge on any atom is 0.586 e. The molecular formula is C29H25F2NO7. The number of hydrogen-bond acceptors (Lipinski definition) is 7. The lowest BCUT2D eigenvalue weighted by Crippen LogP contribution is -2.26. The molecule has 0 radical (unpaired) electrons. The number of esters is 1. The summed E-state index contributed by atoms with van der Waals surface area (Å²) in [5.74, 6) is -2.19. The largest absolute Gasteiger partial charge is 0.586 e. The van der Waals surface area contributed by atoms with Gasteiger partial charge < -0.3 is 19.3 Å². The van der Waals surface area contributed by atoms with Crippen LogP contribution in [0.1, 0.15) is 65.6 Å². The minimum Gasteiger partial charge on any atom is -0.478 e. The number of nitrogens with zero attached hydrogens (tertiary/aromatic N) is 1. The van der Waals surface area contributed by atoms with Crippen molar-refractivity contribution in [2.45, 2.75) is 57.3 Å². The minimum atomic E-state index is -3.76. The van der Waals surface area contributed by atoms with Gasteiger partial charge in [0.2, 0.25) is 0 Å². The first-order valence-electron chi connectivity index (χ1n) is 12.3. The molecule has 5 rings (SSSR count). The van der Waals surface area contributed by atoms with E-state index in [2.05, 4.69) is 14.5 Å². The molecule has 2 aromatic carbocycles. The number of alkyl halides is 2. The van der Waals surface area contributed by atoms with Crippen molar-refractivity contribution in [3.05, 3.63) is 77.0 Å². The number of pyridine rings is 1. The summed E-state index contributed by atoms with van der Waals surface area (Å²) in [5.41, 5.74) is -0.0921. The standard InChI is InChI=1S/C29H25F2NO7/c1-27(2,3)39-26(36)17-6-4-5-16(13-17)24-20(25(34)35)9-8-19(32-24)15-23(33)28(11-12-28)18-7-10-21-22(14-18)38-29(30,31)37-21/h4-10,13-14H,11-12,15H2,1-3H3,(H,34,35). The molecule has 1 aliphatic heterocycles. The number of benzene rings is 2. The summed E-state index contributed by atoms with van der Waals surface area (Å²) in [5, 5.41) is 9.76. The molecule has 1 aliphatic carbocycles. The van der Waals surface area contributed by atoms with E-state index in [9.17, 15) is 28.3 Å². The summed E-state index contributed by atoms with van der Waals surface area (Å²) in [6.07, 6.45) is -2.81. The molecular weight excluding hydrogens is 512 g/mol. The quantitative estimate of drug-likeness (QED) is 0.390. The van der Waals surface area contributed by atoms with Crippen LogP contribution in [0.25, 0.3) is 11.3 Å². The van der Waals surface area contributed by atoms with E-state index >= 15 is 0 Å². The van der Waals surface area contributed by atoms with Crippen molar-refractivity contribution in [3.63, 3.8) is 0 Å². The number of rotatable bonds is 7. The van der Waals surface area contributed by atoms with Crippen molar-refractivity contribution in [1.82, 2.24) is 4.98 Å². The lowest BCUT2D eigenvalue weighted by Gasteiger charge is -2.19. The first-order valence-corrected chi connectivity index (χ1v) is 12.3. The van der Waals surface area contributed by atoms with Crippen LogP contribution >= 0.6 is 0 Å². The van der Waals surface area contributed by atoms with Crippen LogP contribution in [0.3, 0.4) is 0 Å². The number of carbonyl (C=O) groups excluding carboxylic acids is 2. The first-order chi connectivity index (χ1) is 18.3. The number of carboxylic acid groups (broad SMARTS) is 1. The van der Waals surface area contributed by atoms with Gasteiger partial charge in [0.05, 0.1) is 22.2 Å². The fraction of sp³-hybridized carbons (Fsp3) is 0.310. The summed E-state index contributed by atoms with van der Waals surface area (Å²) in [7, 11) is 0. The van der Waals surface area contributed by atoms with Gasteiger partial charge in [-0.1, -0.05) is 18.2 Å². The van der Waals surface area contributed by atoms with E-state index in [0.29, 0.717) is 29.7 Å². The Labute approximate surface area is 222 Å². The maximum atomic E-state index is 13.4. The van der Waals surface area contributed by atoms with Crippen LogP contribution < -0.4 is 9.47 Å². The SMILES string of the molecule is CC(C)(C)OC(=O)c1cccc(-c2nc(CC(=O)C3(c4ccc5c(c4)OC(F)(F)O5)CC3)ccc2C(=O)O)c1. The van der Waals surface area contributed by atoms with Crippen LogP contribution in [0.5, 0.6) is 11.5 Å². The van der Waals surface area contributed by atoms with E-state index in [1.165, 1.54) is 30.3 Å². The Morgan fingerprint density at radius 3 is 2.38 bits per heavy atom. The third-order valence-corrected chi connectivity index (χ3v) is 6.53. The Kier molecular flexibility index (Phi) is 6.16. The number of Topliss-reactive ketones (excluding diaryl/α,β-unsaturated/α-hetero) is 1. The second kappa shape index (κ2) is 9.14. The van der Waals surface area contributed by atoms with Gasteiger partial charge in [-0.2, -0.15) is 0 Å². The molecule has 0 unspecified atom stereocenters. The molecule has 1 saturated carbocycles. The fourth-order valence-electron chi connectivity index (χ4n) is 4.55. The van der Waals surface area contributed by atoms with E-state index in [4.69, 9.17) is 4.74 Å². The number of aromatic carboxylic acids is 1. The number of carbonyl (C=O) groups is 3. The van der Waals surface area contributed by atoms with Crippen LogP contribution in [-0.4, -0.2) is 39.7 Å². The lowest BCUT2D eigenvalue weighted by molar-refractivity contribution is -0.286. The third-order valence-electron chi connectivity index (χ3n) is 6.53. The zero-order valence-electron chi connectivity index (χ0n) is 21.4. The van der Waals surface area contributed by atoms with E-state index in [1.807, 2.05) is 0 Å². The van der Waals surface area contributed by atoms with Gasteiger partial charge in [-0.15, -0.1) is 8.78 Å². The second-order valence-corrected chi connectivity index (χ2v) is 10.6. The average Bonchev–Trinajstić information content (AvgIpc) is 3.60. The van der Waals surface area contributed by atoms with Gasteiger partial charge in [-0.05, 0) is 75.6 Å². The van der Waals surface area contributed by atoms with E-state index in [1.54, 1.807) is 45.0 Å². The number of ketones is 1. The van der Waals surface area contributed by atoms with Crippen LogP contribution in [0, 0.1) is 0 Å². The fourth-order valence-corrected chi connectivity index (χ4v) is 4.55. The van der Waals surface area contributed by atoms with Gasteiger partial charge in [0, 0.05) is 17.7 Å². The molecule has 202 valence electrons. The Balaban J connectivity index is 1.42. The number of ether oxygens (including phenoxy) is 3. The van der Waals surface area contributed by atoms with E-state index in [0.717, 1.165) is 0 Å². The van der Waals surface area contributed by atoms with Gasteiger partial charge in [0.25, 0.3) is 0 Å². The van der Waals surface area contributed by atoms with Crippen molar-refractivity contribution in [1.29, 1.82) is 0 Å². The van der Waals surface area contributed by atoms with Gasteiger partial charge >= 0.3 is 18.2 Å². The molecule has 0 spiro atoms. The van der Waals surface area contributed by atoms with Crippen molar-refractivity contribution in [3.8, 4) is 22.8 Å². The molecule has 1 N–H and O–H groups in total. The Bertz CT molecular complexity index is 1510. The van der Waals surface area contributed by atoms with Crippen molar-refractivity contribution in [2.24, 2.45) is 0 Å². The summed E-state index contributed by atoms with van der Waals surface area (Å²) >= 11 is 0. The smallest absolute Gasteiger partial charge is 0.478 e. The number of hydrogen-bond donors (Lipinski definition) is 1. The highest BCUT2D eigenvalue weighted by Crippen LogP contribution is 2.52. The summed E-state index contributed by atoms with van der Waals surface area (Å²) in [4.78, 5) is 42.4. The molecule has 39 heavy (non-hydrogen) atoms. The highest BCUT2D eigenvalue weighted by Gasteiger charge is 2.52. The molecule has 0 atom stereocenters. The van der Waals surface area contributed by atoms with Gasteiger partial charge in [-0.3, -0.25) is 9.78 Å². The highest BCUT2D eigenvalue weighted by atomic mass is 19.3. The maximum absolute atomic E-state index is 13.4. The average molecular weight is 538 g/mol. The topological polar surface area (TPSA) is 112 Å². The second-order valence-electron chi connectivity index (χ2n) is 10.6. The van der Waals surface area contributed by atoms with Crippen molar-refractivity contribution < 1.29 is 42.5 Å². The zero-order valence-corrected chi connectivity index (χ0v) is 21.4. The van der Waals surface area contributed by atoms with Gasteiger partial charge in [-0.25, -0.2) is 9.59 Å². The molecule has 8 nitrogen and oxygen atoms in total. The first kappa shape index (κ1) is 26.3. The van der Waals surface area contributed by atoms with Gasteiger partial charge in [0.1, 0.15) is 11.4 Å². The van der Waals surface area contributed by atoms with Crippen LogP contribution in [-0.2, 0) is 21.4 Å². The molecule has 10 heteroatoms. The highest BCUT2D eigenvalue weighted by molar-refractivity contribution is 5.97. The number of aromatic nitrogens is 1. The molecule has 2 heterocycles. The molecule has 0 amide bonds. The minimum absolute atomic E-state index is 0.0922. The molecule has 2 aliphatic rings. The predicted molar refractivity (Wildman–Crippen MR) is 134 cm³/mol. The van der Waals surface area contributed by atoms with Crippen LogP contribution in [0.4, 0.5) is 8.78 Å². The molecule has 1 aromatic heterocycles. The predicted octanol–water partition coefficient (Wildman–Crippen LogP) is 5.57. The van der Waals surface area contributed by atoms with Crippen LogP contribution in [0.2, 0.25) is 0 Å². The summed E-state index contributed by atoms with van der Waals surface area (Å²) in [6.45, 7) is 5.22. The van der Waals surface area contributed by atoms with Crippen molar-refractivity contribution in [2.75, 3.05) is 0 Å². The number of fused-ring (bicyclic) bond motifs is 1. The number of carboxylic acids is 1.